The van der Waals surface area contributed by atoms with E-state index in [0.29, 0.717) is 0 Å². The molecule has 0 saturated heterocycles. The maximum Gasteiger partial charge on any atom is 0.239 e. The third-order valence-electron chi connectivity index (χ3n) is 3.58. The Morgan fingerprint density at radius 2 is 1.86 bits per heavy atom. The molecule has 2 aromatic rings. The summed E-state index contributed by atoms with van der Waals surface area (Å²) in [6, 6.07) is 9.96. The maximum absolute atomic E-state index is 11.9. The molecule has 1 heterocycles. The lowest BCUT2D eigenvalue weighted by Gasteiger charge is -2.22. The van der Waals surface area contributed by atoms with Crippen molar-refractivity contribution in [3.8, 4) is 5.69 Å². The second-order valence-corrected chi connectivity index (χ2v) is 6.35. The predicted octanol–water partition coefficient (Wildman–Crippen LogP) is 2.40. The van der Waals surface area contributed by atoms with Gasteiger partial charge in [-0.3, -0.25) is 4.79 Å². The van der Waals surface area contributed by atoms with Gasteiger partial charge in [0.2, 0.25) is 5.91 Å². The van der Waals surface area contributed by atoms with Crippen molar-refractivity contribution in [3.63, 3.8) is 0 Å². The van der Waals surface area contributed by atoms with Crippen LogP contribution in [0.4, 0.5) is 0 Å². The van der Waals surface area contributed by atoms with Gasteiger partial charge in [0.25, 0.3) is 0 Å². The van der Waals surface area contributed by atoms with Gasteiger partial charge in [-0.25, -0.2) is 4.68 Å². The van der Waals surface area contributed by atoms with Gasteiger partial charge in [0.05, 0.1) is 23.0 Å². The van der Waals surface area contributed by atoms with Gasteiger partial charge in [-0.05, 0) is 58.4 Å². The van der Waals surface area contributed by atoms with E-state index in [4.69, 9.17) is 5.73 Å². The Morgan fingerprint density at radius 1 is 1.27 bits per heavy atom. The summed E-state index contributed by atoms with van der Waals surface area (Å²) < 4.78 is 1.91. The normalized spacial score (nSPS) is 13.0. The van der Waals surface area contributed by atoms with Crippen LogP contribution < -0.4 is 11.1 Å². The third kappa shape index (κ3) is 3.54. The molecule has 0 aliphatic carbocycles. The van der Waals surface area contributed by atoms with Crippen molar-refractivity contribution in [3.05, 3.63) is 47.3 Å². The summed E-state index contributed by atoms with van der Waals surface area (Å²) in [6.07, 6.45) is 0. The fourth-order valence-electron chi connectivity index (χ4n) is 2.26. The number of carbonyl (C=O) groups excluding carboxylic acids is 1. The smallest absolute Gasteiger partial charge is 0.239 e. The quantitative estimate of drug-likeness (QED) is 0.910. The van der Waals surface area contributed by atoms with E-state index in [0.717, 1.165) is 22.6 Å². The number of nitrogens with two attached hydrogens (primary N) is 1. The molecule has 118 valence electrons. The number of aryl methyl sites for hydroxylation is 2. The Morgan fingerprint density at radius 3 is 2.32 bits per heavy atom. The van der Waals surface area contributed by atoms with Gasteiger partial charge in [-0.2, -0.15) is 5.10 Å². The van der Waals surface area contributed by atoms with Crippen LogP contribution in [0.2, 0.25) is 0 Å². The highest BCUT2D eigenvalue weighted by Gasteiger charge is 2.23. The molecule has 1 amide bonds. The van der Waals surface area contributed by atoms with Gasteiger partial charge in [0.15, 0.2) is 0 Å². The Balaban J connectivity index is 2.15. The van der Waals surface area contributed by atoms with E-state index < -0.39 is 5.54 Å². The highest BCUT2D eigenvalue weighted by Crippen LogP contribution is 2.17. The summed E-state index contributed by atoms with van der Waals surface area (Å²) >= 11 is 0. The largest absolute Gasteiger partial charge is 0.348 e. The van der Waals surface area contributed by atoms with Crippen LogP contribution in [0.5, 0.6) is 0 Å². The number of amides is 1. The summed E-state index contributed by atoms with van der Waals surface area (Å²) in [5.74, 6) is -0.164. The van der Waals surface area contributed by atoms with E-state index in [2.05, 4.69) is 10.4 Å². The van der Waals surface area contributed by atoms with Gasteiger partial charge >= 0.3 is 0 Å². The summed E-state index contributed by atoms with van der Waals surface area (Å²) in [7, 11) is 0. The van der Waals surface area contributed by atoms with Crippen molar-refractivity contribution < 1.29 is 4.79 Å². The van der Waals surface area contributed by atoms with Crippen LogP contribution in [-0.4, -0.2) is 21.2 Å². The molecule has 5 heteroatoms. The molecule has 0 fully saturated rings. The lowest BCUT2D eigenvalue weighted by Crippen LogP contribution is -2.49. The molecular formula is C17H24N4O. The molecule has 2 rings (SSSR count). The molecule has 0 radical (unpaired) electrons. The Kier molecular flexibility index (Phi) is 4.37. The van der Waals surface area contributed by atoms with E-state index in [1.54, 1.807) is 13.8 Å². The van der Waals surface area contributed by atoms with Crippen LogP contribution in [0.15, 0.2) is 30.3 Å². The zero-order chi connectivity index (χ0) is 16.5. The molecule has 1 aromatic heterocycles. The van der Waals surface area contributed by atoms with Crippen molar-refractivity contribution in [2.75, 3.05) is 0 Å². The second kappa shape index (κ2) is 5.93. The van der Waals surface area contributed by atoms with Crippen molar-refractivity contribution >= 4 is 5.91 Å². The Labute approximate surface area is 131 Å². The topological polar surface area (TPSA) is 72.9 Å². The Hall–Kier alpha value is -2.14. The van der Waals surface area contributed by atoms with Gasteiger partial charge < -0.3 is 11.1 Å². The fraction of sp³-hybridized carbons (Fsp3) is 0.412. The van der Waals surface area contributed by atoms with Gasteiger partial charge in [-0.1, -0.05) is 12.1 Å². The van der Waals surface area contributed by atoms with Gasteiger partial charge in [0.1, 0.15) is 0 Å². The standard InChI is InChI=1S/C17H24N4O/c1-11-10-12(2)21(20-11)15-8-6-14(7-9-15)13(3)19-16(22)17(4,5)18/h6-10,13H,18H2,1-5H3,(H,19,22). The number of benzene rings is 1. The predicted molar refractivity (Wildman–Crippen MR) is 87.9 cm³/mol. The number of nitrogens with zero attached hydrogens (tertiary/aromatic N) is 2. The first kappa shape index (κ1) is 16.2. The minimum atomic E-state index is -0.877. The fourth-order valence-corrected chi connectivity index (χ4v) is 2.26. The molecular weight excluding hydrogens is 276 g/mol. The molecule has 3 N–H and O–H groups in total. The highest BCUT2D eigenvalue weighted by atomic mass is 16.2. The van der Waals surface area contributed by atoms with Gasteiger partial charge in [-0.15, -0.1) is 0 Å². The maximum atomic E-state index is 11.9. The molecule has 0 aliphatic heterocycles. The van der Waals surface area contributed by atoms with Crippen LogP contribution in [0.3, 0.4) is 0 Å². The highest BCUT2D eigenvalue weighted by molar-refractivity contribution is 5.85. The van der Waals surface area contributed by atoms with Gasteiger partial charge in [0, 0.05) is 5.69 Å². The first-order chi connectivity index (χ1) is 10.2. The number of hydrogen-bond donors (Lipinski definition) is 2. The molecule has 0 aliphatic rings. The number of aromatic nitrogens is 2. The summed E-state index contributed by atoms with van der Waals surface area (Å²) in [6.45, 7) is 9.34. The van der Waals surface area contributed by atoms with Crippen LogP contribution in [0.25, 0.3) is 5.69 Å². The lowest BCUT2D eigenvalue weighted by molar-refractivity contribution is -0.125. The molecule has 5 nitrogen and oxygen atoms in total. The molecule has 1 atom stereocenters. The number of rotatable bonds is 4. The SMILES string of the molecule is Cc1cc(C)n(-c2ccc(C(C)NC(=O)C(C)(C)N)cc2)n1. The molecule has 0 bridgehead atoms. The second-order valence-electron chi connectivity index (χ2n) is 6.35. The Bertz CT molecular complexity index is 665. The lowest BCUT2D eigenvalue weighted by atomic mass is 10.0. The van der Waals surface area contributed by atoms with E-state index in [9.17, 15) is 4.79 Å². The first-order valence-corrected chi connectivity index (χ1v) is 7.42. The monoisotopic (exact) mass is 300 g/mol. The van der Waals surface area contributed by atoms with Crippen molar-refractivity contribution in [2.45, 2.75) is 46.2 Å². The number of nitrogens with one attached hydrogen (secondary N) is 1. The van der Waals surface area contributed by atoms with E-state index in [-0.39, 0.29) is 11.9 Å². The minimum Gasteiger partial charge on any atom is -0.348 e. The molecule has 0 saturated carbocycles. The summed E-state index contributed by atoms with van der Waals surface area (Å²) in [5, 5.41) is 7.39. The van der Waals surface area contributed by atoms with E-state index >= 15 is 0 Å². The van der Waals surface area contributed by atoms with E-state index in [1.165, 1.54) is 0 Å². The number of carbonyl (C=O) groups is 1. The zero-order valence-electron chi connectivity index (χ0n) is 13.8. The van der Waals surface area contributed by atoms with E-state index in [1.807, 2.05) is 55.8 Å². The van der Waals surface area contributed by atoms with Crippen molar-refractivity contribution in [1.82, 2.24) is 15.1 Å². The average molecular weight is 300 g/mol. The zero-order valence-corrected chi connectivity index (χ0v) is 13.8. The minimum absolute atomic E-state index is 0.0928. The van der Waals surface area contributed by atoms with Crippen LogP contribution >= 0.6 is 0 Å². The summed E-state index contributed by atoms with van der Waals surface area (Å²) in [5.41, 5.74) is 9.05. The van der Waals surface area contributed by atoms with Crippen molar-refractivity contribution in [2.24, 2.45) is 5.73 Å². The van der Waals surface area contributed by atoms with Crippen LogP contribution in [0, 0.1) is 13.8 Å². The van der Waals surface area contributed by atoms with Crippen molar-refractivity contribution in [1.29, 1.82) is 0 Å². The molecule has 22 heavy (non-hydrogen) atoms. The summed E-state index contributed by atoms with van der Waals surface area (Å²) in [4.78, 5) is 11.9. The van der Waals surface area contributed by atoms with Crippen LogP contribution in [-0.2, 0) is 4.79 Å². The molecule has 1 aromatic carbocycles. The van der Waals surface area contributed by atoms with Crippen LogP contribution in [0.1, 0.15) is 43.8 Å². The third-order valence-corrected chi connectivity index (χ3v) is 3.58. The molecule has 0 spiro atoms. The number of hydrogen-bond acceptors (Lipinski definition) is 3. The average Bonchev–Trinajstić information content (AvgIpc) is 2.76. The first-order valence-electron chi connectivity index (χ1n) is 7.42. The molecule has 1 unspecified atom stereocenters.